The average Bonchev–Trinajstić information content (AvgIpc) is 2.42. The van der Waals surface area contributed by atoms with Gasteiger partial charge in [0, 0.05) is 12.6 Å². The Labute approximate surface area is 110 Å². The van der Waals surface area contributed by atoms with E-state index in [2.05, 4.69) is 24.4 Å². The molecule has 0 aromatic heterocycles. The highest BCUT2D eigenvalue weighted by Gasteiger charge is 2.05. The van der Waals surface area contributed by atoms with E-state index in [-0.39, 0.29) is 12.6 Å². The highest BCUT2D eigenvalue weighted by Crippen LogP contribution is 2.14. The van der Waals surface area contributed by atoms with Gasteiger partial charge in [0.1, 0.15) is 12.4 Å². The lowest BCUT2D eigenvalue weighted by molar-refractivity contribution is 0.219. The van der Waals surface area contributed by atoms with Crippen LogP contribution in [0, 0.1) is 0 Å². The SMILES string of the molecule is CCCCc1ccc(OCC(CCO)NC)cc1. The Morgan fingerprint density at radius 2 is 2.00 bits per heavy atom. The second kappa shape index (κ2) is 8.95. The van der Waals surface area contributed by atoms with Gasteiger partial charge in [-0.3, -0.25) is 0 Å². The van der Waals surface area contributed by atoms with Gasteiger partial charge in [0.05, 0.1) is 0 Å². The molecule has 0 saturated carbocycles. The van der Waals surface area contributed by atoms with E-state index >= 15 is 0 Å². The molecule has 0 amide bonds. The molecular weight excluding hydrogens is 226 g/mol. The molecule has 0 fully saturated rings. The van der Waals surface area contributed by atoms with Crippen LogP contribution in [0.4, 0.5) is 0 Å². The molecule has 0 heterocycles. The smallest absolute Gasteiger partial charge is 0.119 e. The first-order valence-electron chi connectivity index (χ1n) is 6.80. The van der Waals surface area contributed by atoms with Gasteiger partial charge in [-0.2, -0.15) is 0 Å². The predicted octanol–water partition coefficient (Wildman–Crippen LogP) is 2.38. The molecule has 2 N–H and O–H groups in total. The summed E-state index contributed by atoms with van der Waals surface area (Å²) in [7, 11) is 1.89. The minimum absolute atomic E-state index is 0.185. The van der Waals surface area contributed by atoms with Gasteiger partial charge in [0.2, 0.25) is 0 Å². The quantitative estimate of drug-likeness (QED) is 0.708. The summed E-state index contributed by atoms with van der Waals surface area (Å²) in [5, 5.41) is 12.0. The fourth-order valence-electron chi connectivity index (χ4n) is 1.80. The van der Waals surface area contributed by atoms with E-state index in [0.717, 1.165) is 12.2 Å². The van der Waals surface area contributed by atoms with E-state index in [1.54, 1.807) is 0 Å². The second-order valence-electron chi connectivity index (χ2n) is 4.56. The summed E-state index contributed by atoms with van der Waals surface area (Å²) in [5.74, 6) is 0.897. The second-order valence-corrected chi connectivity index (χ2v) is 4.56. The minimum atomic E-state index is 0.185. The monoisotopic (exact) mass is 251 g/mol. The molecule has 1 aromatic carbocycles. The van der Waals surface area contributed by atoms with Crippen LogP contribution in [0.5, 0.6) is 5.75 Å². The van der Waals surface area contributed by atoms with Crippen molar-refractivity contribution < 1.29 is 9.84 Å². The maximum atomic E-state index is 8.89. The van der Waals surface area contributed by atoms with E-state index in [0.29, 0.717) is 13.0 Å². The molecular formula is C15H25NO2. The molecule has 0 aliphatic heterocycles. The zero-order valence-corrected chi connectivity index (χ0v) is 11.5. The molecule has 0 bridgehead atoms. The lowest BCUT2D eigenvalue weighted by Crippen LogP contribution is -2.32. The standard InChI is InChI=1S/C15H25NO2/c1-3-4-5-13-6-8-15(9-7-13)18-12-14(16-2)10-11-17/h6-9,14,16-17H,3-5,10-12H2,1-2H3. The van der Waals surface area contributed by atoms with Crippen molar-refractivity contribution in [3.8, 4) is 5.75 Å². The Balaban J connectivity index is 2.38. The zero-order valence-electron chi connectivity index (χ0n) is 11.5. The first-order valence-corrected chi connectivity index (χ1v) is 6.80. The van der Waals surface area contributed by atoms with Crippen LogP contribution < -0.4 is 10.1 Å². The number of unbranched alkanes of at least 4 members (excludes halogenated alkanes) is 1. The van der Waals surface area contributed by atoms with Crippen molar-refractivity contribution in [2.75, 3.05) is 20.3 Å². The van der Waals surface area contributed by atoms with Crippen LogP contribution in [0.25, 0.3) is 0 Å². The normalized spacial score (nSPS) is 12.4. The maximum Gasteiger partial charge on any atom is 0.119 e. The number of ether oxygens (including phenoxy) is 1. The average molecular weight is 251 g/mol. The number of hydrogen-bond donors (Lipinski definition) is 2. The molecule has 0 radical (unpaired) electrons. The molecule has 0 saturated heterocycles. The third-order valence-electron chi connectivity index (χ3n) is 3.08. The van der Waals surface area contributed by atoms with E-state index in [1.165, 1.54) is 18.4 Å². The molecule has 3 nitrogen and oxygen atoms in total. The topological polar surface area (TPSA) is 41.5 Å². The van der Waals surface area contributed by atoms with Crippen molar-refractivity contribution in [3.05, 3.63) is 29.8 Å². The van der Waals surface area contributed by atoms with Crippen LogP contribution in [0.1, 0.15) is 31.7 Å². The van der Waals surface area contributed by atoms with E-state index < -0.39 is 0 Å². The Morgan fingerprint density at radius 3 is 2.56 bits per heavy atom. The third kappa shape index (κ3) is 5.52. The molecule has 1 aromatic rings. The molecule has 3 heteroatoms. The van der Waals surface area contributed by atoms with Gasteiger partial charge in [-0.25, -0.2) is 0 Å². The molecule has 0 aliphatic carbocycles. The molecule has 102 valence electrons. The molecule has 1 atom stereocenters. The summed E-state index contributed by atoms with van der Waals surface area (Å²) in [6.07, 6.45) is 4.31. The number of rotatable bonds is 9. The fourth-order valence-corrected chi connectivity index (χ4v) is 1.80. The highest BCUT2D eigenvalue weighted by atomic mass is 16.5. The van der Waals surface area contributed by atoms with E-state index in [9.17, 15) is 0 Å². The van der Waals surface area contributed by atoms with Crippen molar-refractivity contribution in [2.24, 2.45) is 0 Å². The van der Waals surface area contributed by atoms with Crippen LogP contribution in [0.15, 0.2) is 24.3 Å². The van der Waals surface area contributed by atoms with Gasteiger partial charge >= 0.3 is 0 Å². The summed E-state index contributed by atoms with van der Waals surface area (Å²) in [5.41, 5.74) is 1.37. The molecule has 1 rings (SSSR count). The van der Waals surface area contributed by atoms with Gasteiger partial charge in [0.25, 0.3) is 0 Å². The number of hydrogen-bond acceptors (Lipinski definition) is 3. The van der Waals surface area contributed by atoms with Crippen molar-refractivity contribution in [2.45, 2.75) is 38.6 Å². The highest BCUT2D eigenvalue weighted by molar-refractivity contribution is 5.27. The molecule has 18 heavy (non-hydrogen) atoms. The van der Waals surface area contributed by atoms with E-state index in [4.69, 9.17) is 9.84 Å². The van der Waals surface area contributed by atoms with Gasteiger partial charge < -0.3 is 15.2 Å². The predicted molar refractivity (Wildman–Crippen MR) is 75.1 cm³/mol. The fraction of sp³-hybridized carbons (Fsp3) is 0.600. The van der Waals surface area contributed by atoms with Crippen molar-refractivity contribution in [1.29, 1.82) is 0 Å². The Bertz CT molecular complexity index is 311. The van der Waals surface area contributed by atoms with Gasteiger partial charge in [-0.05, 0) is 44.0 Å². The van der Waals surface area contributed by atoms with Gasteiger partial charge in [0.15, 0.2) is 0 Å². The van der Waals surface area contributed by atoms with Crippen LogP contribution in [0.2, 0.25) is 0 Å². The number of benzene rings is 1. The number of aliphatic hydroxyl groups is 1. The number of aliphatic hydroxyl groups excluding tert-OH is 1. The summed E-state index contributed by atoms with van der Waals surface area (Å²) in [6.45, 7) is 2.98. The van der Waals surface area contributed by atoms with Gasteiger partial charge in [-0.1, -0.05) is 25.5 Å². The van der Waals surface area contributed by atoms with E-state index in [1.807, 2.05) is 19.2 Å². The van der Waals surface area contributed by atoms with Crippen molar-refractivity contribution in [3.63, 3.8) is 0 Å². The molecule has 0 aliphatic rings. The summed E-state index contributed by atoms with van der Waals surface area (Å²) >= 11 is 0. The van der Waals surface area contributed by atoms with Crippen LogP contribution in [-0.4, -0.2) is 31.4 Å². The largest absolute Gasteiger partial charge is 0.492 e. The zero-order chi connectivity index (χ0) is 13.2. The van der Waals surface area contributed by atoms with Gasteiger partial charge in [-0.15, -0.1) is 0 Å². The third-order valence-corrected chi connectivity index (χ3v) is 3.08. The maximum absolute atomic E-state index is 8.89. The molecule has 0 spiro atoms. The van der Waals surface area contributed by atoms with Crippen molar-refractivity contribution >= 4 is 0 Å². The summed E-state index contributed by atoms with van der Waals surface area (Å²) in [6, 6.07) is 8.51. The van der Waals surface area contributed by atoms with Crippen LogP contribution >= 0.6 is 0 Å². The van der Waals surface area contributed by atoms with Crippen molar-refractivity contribution in [1.82, 2.24) is 5.32 Å². The van der Waals surface area contributed by atoms with Crippen LogP contribution in [0.3, 0.4) is 0 Å². The molecule has 1 unspecified atom stereocenters. The lowest BCUT2D eigenvalue weighted by atomic mass is 10.1. The number of likely N-dealkylation sites (N-methyl/N-ethyl adjacent to an activating group) is 1. The lowest BCUT2D eigenvalue weighted by Gasteiger charge is -2.16. The van der Waals surface area contributed by atoms with Crippen LogP contribution in [-0.2, 0) is 6.42 Å². The Hall–Kier alpha value is -1.06. The number of nitrogens with one attached hydrogen (secondary N) is 1. The Kier molecular flexibility index (Phi) is 7.46. The Morgan fingerprint density at radius 1 is 1.28 bits per heavy atom. The summed E-state index contributed by atoms with van der Waals surface area (Å²) in [4.78, 5) is 0. The summed E-state index contributed by atoms with van der Waals surface area (Å²) < 4.78 is 5.70. The first-order chi connectivity index (χ1) is 8.80. The first kappa shape index (κ1) is 15.0. The number of aryl methyl sites for hydroxylation is 1. The minimum Gasteiger partial charge on any atom is -0.492 e.